The van der Waals surface area contributed by atoms with Crippen LogP contribution < -0.4 is 5.32 Å². The Morgan fingerprint density at radius 1 is 1.47 bits per heavy atom. The first-order chi connectivity index (χ1) is 7.13. The fraction of sp³-hybridized carbons (Fsp3) is 1.00. The molecule has 1 N–H and O–H groups in total. The van der Waals surface area contributed by atoms with Crippen molar-refractivity contribution in [1.82, 2.24) is 5.32 Å². The lowest BCUT2D eigenvalue weighted by Gasteiger charge is -2.14. The third-order valence-electron chi connectivity index (χ3n) is 3.67. The molecule has 0 heterocycles. The summed E-state index contributed by atoms with van der Waals surface area (Å²) in [6, 6.07) is 0.729. The van der Waals surface area contributed by atoms with Gasteiger partial charge in [-0.1, -0.05) is 20.3 Å². The molecule has 3 heteroatoms. The van der Waals surface area contributed by atoms with E-state index < -0.39 is 10.8 Å². The van der Waals surface area contributed by atoms with Crippen molar-refractivity contribution in [2.75, 3.05) is 12.8 Å². The highest BCUT2D eigenvalue weighted by Gasteiger charge is 2.22. The lowest BCUT2D eigenvalue weighted by atomic mass is 10.1. The van der Waals surface area contributed by atoms with E-state index in [9.17, 15) is 4.21 Å². The summed E-state index contributed by atoms with van der Waals surface area (Å²) in [7, 11) is -0.662. The fourth-order valence-corrected chi connectivity index (χ4v) is 2.74. The molecule has 90 valence electrons. The van der Waals surface area contributed by atoms with Gasteiger partial charge in [-0.15, -0.1) is 0 Å². The highest BCUT2D eigenvalue weighted by molar-refractivity contribution is 7.84. The maximum atomic E-state index is 11.2. The Morgan fingerprint density at radius 3 is 2.73 bits per heavy atom. The molecule has 2 nitrogen and oxygen atoms in total. The van der Waals surface area contributed by atoms with Crippen LogP contribution in [0.1, 0.15) is 46.0 Å². The zero-order chi connectivity index (χ0) is 11.3. The van der Waals surface area contributed by atoms with E-state index in [-0.39, 0.29) is 0 Å². The van der Waals surface area contributed by atoms with E-state index in [0.717, 1.165) is 24.9 Å². The van der Waals surface area contributed by atoms with Crippen molar-refractivity contribution in [3.8, 4) is 0 Å². The van der Waals surface area contributed by atoms with Crippen LogP contribution in [0.2, 0.25) is 0 Å². The van der Waals surface area contributed by atoms with Crippen molar-refractivity contribution in [2.24, 2.45) is 5.92 Å². The van der Waals surface area contributed by atoms with E-state index in [1.807, 2.05) is 0 Å². The average molecular weight is 231 g/mol. The third kappa shape index (κ3) is 4.64. The van der Waals surface area contributed by atoms with Crippen LogP contribution in [0.25, 0.3) is 0 Å². The van der Waals surface area contributed by atoms with Gasteiger partial charge in [-0.3, -0.25) is 4.21 Å². The maximum Gasteiger partial charge on any atom is 0.0329 e. The second-order valence-electron chi connectivity index (χ2n) is 4.84. The summed E-state index contributed by atoms with van der Waals surface area (Å²) in [5.41, 5.74) is 0. The minimum Gasteiger partial charge on any atom is -0.314 e. The van der Waals surface area contributed by atoms with Crippen LogP contribution in [0.5, 0.6) is 0 Å². The summed E-state index contributed by atoms with van der Waals surface area (Å²) < 4.78 is 11.2. The van der Waals surface area contributed by atoms with Gasteiger partial charge in [-0.2, -0.15) is 0 Å². The quantitative estimate of drug-likeness (QED) is 0.760. The zero-order valence-corrected chi connectivity index (χ0v) is 11.1. The molecular formula is C12H25NOS. The molecule has 1 rings (SSSR count). The first-order valence-corrected chi connectivity index (χ1v) is 7.81. The Morgan fingerprint density at radius 2 is 2.20 bits per heavy atom. The van der Waals surface area contributed by atoms with Gasteiger partial charge in [0.1, 0.15) is 0 Å². The Hall–Kier alpha value is 0.110. The average Bonchev–Trinajstić information content (AvgIpc) is 2.65. The molecule has 0 amide bonds. The minimum atomic E-state index is -0.662. The molecule has 15 heavy (non-hydrogen) atoms. The second kappa shape index (κ2) is 6.64. The molecule has 0 bridgehead atoms. The van der Waals surface area contributed by atoms with Crippen molar-refractivity contribution in [3.63, 3.8) is 0 Å². The molecule has 0 radical (unpaired) electrons. The van der Waals surface area contributed by atoms with Crippen LogP contribution >= 0.6 is 0 Å². The second-order valence-corrected chi connectivity index (χ2v) is 6.64. The van der Waals surface area contributed by atoms with Crippen molar-refractivity contribution >= 4 is 10.8 Å². The van der Waals surface area contributed by atoms with E-state index in [0.29, 0.717) is 5.25 Å². The predicted molar refractivity (Wildman–Crippen MR) is 67.6 cm³/mol. The summed E-state index contributed by atoms with van der Waals surface area (Å²) in [5, 5.41) is 3.93. The van der Waals surface area contributed by atoms with Gasteiger partial charge in [-0.05, 0) is 38.1 Å². The standard InChI is InChI=1S/C12H25NOS/c1-4-11-5-6-12(9-11)13-8-7-10(2)15(3)14/h10-13H,4-9H2,1-3H3. The van der Waals surface area contributed by atoms with Crippen LogP contribution in [0.15, 0.2) is 0 Å². The van der Waals surface area contributed by atoms with Gasteiger partial charge in [0.2, 0.25) is 0 Å². The fourth-order valence-electron chi connectivity index (χ4n) is 2.29. The van der Waals surface area contributed by atoms with Gasteiger partial charge in [0.05, 0.1) is 0 Å². The Bertz CT molecular complexity index is 208. The molecule has 0 aromatic heterocycles. The van der Waals surface area contributed by atoms with Gasteiger partial charge in [-0.25, -0.2) is 0 Å². The molecule has 0 aliphatic heterocycles. The van der Waals surface area contributed by atoms with Crippen LogP contribution in [0, 0.1) is 5.92 Å². The molecule has 0 aromatic carbocycles. The van der Waals surface area contributed by atoms with Gasteiger partial charge >= 0.3 is 0 Å². The van der Waals surface area contributed by atoms with Crippen molar-refractivity contribution in [1.29, 1.82) is 0 Å². The minimum absolute atomic E-state index is 0.334. The molecule has 4 unspecified atom stereocenters. The highest BCUT2D eigenvalue weighted by Crippen LogP contribution is 2.27. The molecule has 0 aromatic rings. The molecule has 1 aliphatic carbocycles. The highest BCUT2D eigenvalue weighted by atomic mass is 32.2. The smallest absolute Gasteiger partial charge is 0.0329 e. The predicted octanol–water partition coefficient (Wildman–Crippen LogP) is 2.31. The molecular weight excluding hydrogens is 206 g/mol. The summed E-state index contributed by atoms with van der Waals surface area (Å²) in [4.78, 5) is 0. The van der Waals surface area contributed by atoms with Gasteiger partial charge in [0.25, 0.3) is 0 Å². The SMILES string of the molecule is CCC1CCC(NCCC(C)S(C)=O)C1. The molecule has 4 atom stereocenters. The van der Waals surface area contributed by atoms with Gasteiger partial charge in [0, 0.05) is 28.3 Å². The molecule has 1 aliphatic rings. The lowest BCUT2D eigenvalue weighted by Crippen LogP contribution is -2.29. The van der Waals surface area contributed by atoms with Gasteiger partial charge in [0.15, 0.2) is 0 Å². The molecule has 0 saturated heterocycles. The molecule has 1 fully saturated rings. The Labute approximate surface area is 96.7 Å². The number of hydrogen-bond donors (Lipinski definition) is 1. The third-order valence-corrected chi connectivity index (χ3v) is 5.04. The summed E-state index contributed by atoms with van der Waals surface area (Å²) in [6.07, 6.45) is 8.24. The first-order valence-electron chi connectivity index (χ1n) is 6.19. The monoisotopic (exact) mass is 231 g/mol. The first kappa shape index (κ1) is 13.2. The van der Waals surface area contributed by atoms with Crippen LogP contribution in [-0.4, -0.2) is 28.3 Å². The van der Waals surface area contributed by atoms with Gasteiger partial charge < -0.3 is 5.32 Å². The van der Waals surface area contributed by atoms with E-state index in [1.165, 1.54) is 25.7 Å². The largest absolute Gasteiger partial charge is 0.314 e. The summed E-state index contributed by atoms with van der Waals surface area (Å²) in [5.74, 6) is 0.945. The van der Waals surface area contributed by atoms with E-state index in [2.05, 4.69) is 19.2 Å². The number of hydrogen-bond acceptors (Lipinski definition) is 2. The normalized spacial score (nSPS) is 30.3. The number of nitrogens with one attached hydrogen (secondary N) is 1. The van der Waals surface area contributed by atoms with Crippen molar-refractivity contribution < 1.29 is 4.21 Å². The lowest BCUT2D eigenvalue weighted by molar-refractivity contribution is 0.473. The maximum absolute atomic E-state index is 11.2. The van der Waals surface area contributed by atoms with Crippen molar-refractivity contribution in [2.45, 2.75) is 57.2 Å². The summed E-state index contributed by atoms with van der Waals surface area (Å²) >= 11 is 0. The topological polar surface area (TPSA) is 29.1 Å². The molecule has 0 spiro atoms. The Balaban J connectivity index is 2.08. The van der Waals surface area contributed by atoms with Crippen molar-refractivity contribution in [3.05, 3.63) is 0 Å². The summed E-state index contributed by atoms with van der Waals surface area (Å²) in [6.45, 7) is 5.39. The Kier molecular flexibility index (Phi) is 5.83. The van der Waals surface area contributed by atoms with Crippen LogP contribution in [-0.2, 0) is 10.8 Å². The van der Waals surface area contributed by atoms with Crippen LogP contribution in [0.3, 0.4) is 0 Å². The van der Waals surface area contributed by atoms with Crippen LogP contribution in [0.4, 0.5) is 0 Å². The zero-order valence-electron chi connectivity index (χ0n) is 10.3. The van der Waals surface area contributed by atoms with E-state index >= 15 is 0 Å². The van der Waals surface area contributed by atoms with E-state index in [1.54, 1.807) is 6.26 Å². The molecule has 1 saturated carbocycles. The number of rotatable bonds is 6. The van der Waals surface area contributed by atoms with E-state index in [4.69, 9.17) is 0 Å².